The second-order valence-electron chi connectivity index (χ2n) is 13.0. The lowest BCUT2D eigenvalue weighted by Crippen LogP contribution is -2.63. The Morgan fingerprint density at radius 3 is 2.45 bits per heavy atom. The van der Waals surface area contributed by atoms with Crippen molar-refractivity contribution in [3.8, 4) is 5.75 Å². The Morgan fingerprint density at radius 2 is 1.84 bits per heavy atom. The topological polar surface area (TPSA) is 184 Å². The number of ketones is 2. The van der Waals surface area contributed by atoms with E-state index in [1.165, 1.54) is 6.07 Å². The van der Waals surface area contributed by atoms with Crippen LogP contribution in [0, 0.1) is 29.6 Å². The molecule has 3 aliphatic rings. The predicted octanol–water partition coefficient (Wildman–Crippen LogP) is 4.71. The number of carbonyl (C=O) groups excluding carboxylic acids is 4. The van der Waals surface area contributed by atoms with Crippen molar-refractivity contribution in [2.24, 2.45) is 35.3 Å². The van der Waals surface area contributed by atoms with Gasteiger partial charge in [0.2, 0.25) is 5.78 Å². The van der Waals surface area contributed by atoms with Crippen molar-refractivity contribution < 1.29 is 44.3 Å². The van der Waals surface area contributed by atoms with Gasteiger partial charge in [0.1, 0.15) is 28.9 Å². The number of ether oxygens (including phenoxy) is 1. The molecule has 2 unspecified atom stereocenters. The van der Waals surface area contributed by atoms with E-state index in [-0.39, 0.29) is 17.7 Å². The van der Waals surface area contributed by atoms with Crippen LogP contribution in [0.2, 0.25) is 0 Å². The first kappa shape index (κ1) is 33.0. The van der Waals surface area contributed by atoms with Gasteiger partial charge in [-0.05, 0) is 61.0 Å². The number of aromatic hydroxyl groups is 1. The molecule has 0 spiro atoms. The van der Waals surface area contributed by atoms with Gasteiger partial charge in [-0.1, -0.05) is 45.9 Å². The van der Waals surface area contributed by atoms with Crippen molar-refractivity contribution in [2.75, 3.05) is 0 Å². The summed E-state index contributed by atoms with van der Waals surface area (Å²) in [6.07, 6.45) is 3.28. The predicted molar refractivity (Wildman–Crippen MR) is 162 cm³/mol. The van der Waals surface area contributed by atoms with Crippen LogP contribution in [-0.2, 0) is 19.1 Å². The van der Waals surface area contributed by atoms with Crippen molar-refractivity contribution in [3.63, 3.8) is 0 Å². The van der Waals surface area contributed by atoms with Crippen LogP contribution >= 0.6 is 0 Å². The van der Waals surface area contributed by atoms with Crippen molar-refractivity contribution in [1.82, 2.24) is 0 Å². The van der Waals surface area contributed by atoms with Gasteiger partial charge in [0.05, 0.1) is 5.56 Å². The Bertz CT molecular complexity index is 1440. The number of primary amides is 1. The van der Waals surface area contributed by atoms with Gasteiger partial charge in [0.25, 0.3) is 5.91 Å². The van der Waals surface area contributed by atoms with Crippen LogP contribution in [0.4, 0.5) is 0 Å². The summed E-state index contributed by atoms with van der Waals surface area (Å²) in [6.45, 7) is 12.0. The molecule has 10 heteroatoms. The summed E-state index contributed by atoms with van der Waals surface area (Å²) in [5.74, 6) is -8.14. The molecule has 6 N–H and O–H groups in total. The first-order valence-electron chi connectivity index (χ1n) is 15.3. The van der Waals surface area contributed by atoms with Crippen LogP contribution in [0.3, 0.4) is 0 Å². The molecule has 0 saturated heterocycles. The third-order valence-corrected chi connectivity index (χ3v) is 9.51. The molecule has 0 aliphatic heterocycles. The number of fused-ring (bicyclic) bond motifs is 3. The van der Waals surface area contributed by atoms with E-state index in [1.54, 1.807) is 19.1 Å². The first-order chi connectivity index (χ1) is 20.6. The highest BCUT2D eigenvalue weighted by molar-refractivity contribution is 6.24. The molecule has 10 nitrogen and oxygen atoms in total. The smallest absolute Gasteiger partial charge is 0.306 e. The summed E-state index contributed by atoms with van der Waals surface area (Å²) in [4.78, 5) is 52.8. The zero-order valence-corrected chi connectivity index (χ0v) is 25.7. The average molecular weight is 610 g/mol. The fourth-order valence-corrected chi connectivity index (χ4v) is 7.44. The highest BCUT2D eigenvalue weighted by Gasteiger charge is 2.65. The van der Waals surface area contributed by atoms with Gasteiger partial charge in [-0.15, -0.1) is 6.58 Å². The van der Waals surface area contributed by atoms with Crippen molar-refractivity contribution in [2.45, 2.75) is 83.8 Å². The minimum atomic E-state index is -2.88. The van der Waals surface area contributed by atoms with E-state index in [0.29, 0.717) is 29.7 Å². The Labute approximate surface area is 257 Å². The second kappa shape index (κ2) is 12.6. The Morgan fingerprint density at radius 1 is 1.16 bits per heavy atom. The number of aliphatic hydroxyl groups excluding tert-OH is 2. The molecule has 0 bridgehead atoms. The standard InChI is InChI=1S/C34H43NO9/c1-6-17(4)14-19(13-16(2)3)9-7-12-24(38)44-30-21-15-23(37)27(33(35)42)31(40)34(21,43)32(41)28-25(30)18(5)20-10-8-11-22(36)26(20)29(28)39/h6,8,10-11,16-19,21,25,30,36-37,41,43H,1,7,9,12-15H2,2-5H3,(H2,35,42)/t17?,18-,19?,21+,25+,30+,34+/m0/s1. The number of aliphatic hydroxyl groups is 3. The van der Waals surface area contributed by atoms with Gasteiger partial charge in [-0.25, -0.2) is 0 Å². The van der Waals surface area contributed by atoms with Gasteiger partial charge < -0.3 is 30.9 Å². The number of amides is 1. The van der Waals surface area contributed by atoms with Crippen LogP contribution in [0.1, 0.15) is 88.1 Å². The number of nitrogens with two attached hydrogens (primary N) is 1. The summed E-state index contributed by atoms with van der Waals surface area (Å²) in [5, 5.41) is 44.5. The van der Waals surface area contributed by atoms with E-state index in [2.05, 4.69) is 27.4 Å². The first-order valence-corrected chi connectivity index (χ1v) is 15.3. The quantitative estimate of drug-likeness (QED) is 0.135. The number of carbonyl (C=O) groups is 4. The van der Waals surface area contributed by atoms with Gasteiger partial charge >= 0.3 is 5.97 Å². The third kappa shape index (κ3) is 5.67. The SMILES string of the molecule is C=CC(C)CC(CCCC(=O)O[C@H]1[C@H]2C(=C(O)[C@]3(O)C(=O)C(C(N)=O)=C(O)C[C@H]13)C(=O)c1c(O)cccc1[C@@H]2C)CC(C)C. The van der Waals surface area contributed by atoms with Crippen LogP contribution in [-0.4, -0.2) is 55.6 Å². The van der Waals surface area contributed by atoms with Crippen molar-refractivity contribution >= 4 is 23.4 Å². The third-order valence-electron chi connectivity index (χ3n) is 9.51. The number of phenolic OH excluding ortho intramolecular Hbond substituents is 1. The Hall–Kier alpha value is -3.92. The molecule has 0 radical (unpaired) electrons. The molecular weight excluding hydrogens is 566 g/mol. The maximum Gasteiger partial charge on any atom is 0.306 e. The monoisotopic (exact) mass is 609 g/mol. The lowest BCUT2D eigenvalue weighted by Gasteiger charge is -2.51. The van der Waals surface area contributed by atoms with Crippen LogP contribution in [0.25, 0.3) is 0 Å². The zero-order valence-electron chi connectivity index (χ0n) is 25.7. The van der Waals surface area contributed by atoms with E-state index in [4.69, 9.17) is 10.5 Å². The maximum absolute atomic E-state index is 13.8. The Balaban J connectivity index is 1.72. The number of allylic oxidation sites excluding steroid dienone is 2. The largest absolute Gasteiger partial charge is 0.511 e. The van der Waals surface area contributed by atoms with Crippen LogP contribution in [0.5, 0.6) is 5.75 Å². The van der Waals surface area contributed by atoms with E-state index in [0.717, 1.165) is 19.3 Å². The second-order valence-corrected chi connectivity index (χ2v) is 13.0. The molecule has 7 atom stereocenters. The summed E-state index contributed by atoms with van der Waals surface area (Å²) in [7, 11) is 0. The molecule has 0 heterocycles. The highest BCUT2D eigenvalue weighted by Crippen LogP contribution is 2.55. The number of hydrogen-bond donors (Lipinski definition) is 5. The van der Waals surface area contributed by atoms with Gasteiger partial charge in [-0.3, -0.25) is 19.2 Å². The molecule has 0 saturated carbocycles. The van der Waals surface area contributed by atoms with Crippen LogP contribution in [0.15, 0.2) is 53.5 Å². The average Bonchev–Trinajstić information content (AvgIpc) is 2.94. The van der Waals surface area contributed by atoms with Gasteiger partial charge in [0, 0.05) is 30.3 Å². The number of esters is 1. The van der Waals surface area contributed by atoms with Crippen molar-refractivity contribution in [1.29, 1.82) is 0 Å². The molecular formula is C34H43NO9. The summed E-state index contributed by atoms with van der Waals surface area (Å²) < 4.78 is 5.99. The maximum atomic E-state index is 13.8. The number of hydrogen-bond acceptors (Lipinski definition) is 9. The molecule has 1 amide bonds. The minimum absolute atomic E-state index is 0.0263. The van der Waals surface area contributed by atoms with Gasteiger partial charge in [-0.2, -0.15) is 0 Å². The fraction of sp³-hybridized carbons (Fsp3) is 0.529. The molecule has 3 aliphatic carbocycles. The minimum Gasteiger partial charge on any atom is -0.511 e. The molecule has 0 fully saturated rings. The molecule has 238 valence electrons. The lowest BCUT2D eigenvalue weighted by molar-refractivity contribution is -0.174. The molecule has 4 rings (SSSR count). The molecule has 0 aromatic heterocycles. The number of Topliss-reactive ketones (excluding diaryl/α,β-unsaturated/α-hetero) is 2. The number of phenols is 1. The van der Waals surface area contributed by atoms with E-state index >= 15 is 0 Å². The van der Waals surface area contributed by atoms with Gasteiger partial charge in [0.15, 0.2) is 11.4 Å². The summed E-state index contributed by atoms with van der Waals surface area (Å²) >= 11 is 0. The summed E-state index contributed by atoms with van der Waals surface area (Å²) in [6, 6.07) is 4.50. The molecule has 44 heavy (non-hydrogen) atoms. The summed E-state index contributed by atoms with van der Waals surface area (Å²) in [5.41, 5.74) is 1.49. The number of benzene rings is 1. The van der Waals surface area contributed by atoms with Crippen LogP contribution < -0.4 is 5.73 Å². The van der Waals surface area contributed by atoms with Crippen molar-refractivity contribution in [3.05, 3.63) is 64.6 Å². The molecule has 1 aromatic carbocycles. The number of rotatable bonds is 11. The van der Waals surface area contributed by atoms with E-state index in [1.807, 2.05) is 6.08 Å². The highest BCUT2D eigenvalue weighted by atomic mass is 16.5. The molecule has 1 aromatic rings. The zero-order chi connectivity index (χ0) is 32.7. The van der Waals surface area contributed by atoms with E-state index < -0.39 is 82.0 Å². The van der Waals surface area contributed by atoms with E-state index in [9.17, 15) is 39.6 Å². The Kier molecular flexibility index (Phi) is 9.44. The normalized spacial score (nSPS) is 27.8. The lowest BCUT2D eigenvalue weighted by atomic mass is 9.56. The fourth-order valence-electron chi connectivity index (χ4n) is 7.44.